The Balaban J connectivity index is 1.59. The van der Waals surface area contributed by atoms with E-state index in [0.29, 0.717) is 28.9 Å². The van der Waals surface area contributed by atoms with Crippen molar-refractivity contribution in [3.05, 3.63) is 137 Å². The van der Waals surface area contributed by atoms with Crippen LogP contribution in [0.2, 0.25) is 0 Å². The van der Waals surface area contributed by atoms with Gasteiger partial charge in [-0.1, -0.05) is 66.7 Å². The summed E-state index contributed by atoms with van der Waals surface area (Å²) in [7, 11) is 1.63. The first-order valence-electron chi connectivity index (χ1n) is 12.0. The smallest absolute Gasteiger partial charge is 0.265 e. The average molecular weight is 472 g/mol. The number of nitrogens with one attached hydrogen (secondary N) is 1. The number of aromatic amines is 1. The van der Waals surface area contributed by atoms with E-state index in [1.807, 2.05) is 60.7 Å². The Morgan fingerprint density at radius 1 is 0.861 bits per heavy atom. The molecule has 0 aliphatic heterocycles. The number of ether oxygens (including phenoxy) is 1. The summed E-state index contributed by atoms with van der Waals surface area (Å²) in [5, 5.41) is 1.76. The van der Waals surface area contributed by atoms with Crippen molar-refractivity contribution in [2.24, 2.45) is 0 Å². The van der Waals surface area contributed by atoms with Crippen LogP contribution in [0.3, 0.4) is 0 Å². The Morgan fingerprint density at radius 2 is 1.61 bits per heavy atom. The van der Waals surface area contributed by atoms with E-state index in [0.717, 1.165) is 11.2 Å². The molecular weight excluding hydrogens is 446 g/mol. The van der Waals surface area contributed by atoms with Gasteiger partial charge >= 0.3 is 0 Å². The van der Waals surface area contributed by atoms with Gasteiger partial charge in [0.25, 0.3) is 5.56 Å². The zero-order chi connectivity index (χ0) is 24.5. The third-order valence-electron chi connectivity index (χ3n) is 6.74. The number of rotatable bonds is 6. The number of methoxy groups -OCH3 is 1. The molecule has 1 atom stereocenters. The maximum absolute atomic E-state index is 13.8. The van der Waals surface area contributed by atoms with E-state index in [-0.39, 0.29) is 11.5 Å². The Kier molecular flexibility index (Phi) is 5.58. The molecule has 0 aliphatic carbocycles. The van der Waals surface area contributed by atoms with E-state index in [4.69, 9.17) is 9.72 Å². The Morgan fingerprint density at radius 3 is 2.44 bits per heavy atom. The highest BCUT2D eigenvalue weighted by molar-refractivity contribution is 5.84. The van der Waals surface area contributed by atoms with Gasteiger partial charge in [0.1, 0.15) is 11.6 Å². The van der Waals surface area contributed by atoms with Crippen LogP contribution in [-0.4, -0.2) is 21.6 Å². The highest BCUT2D eigenvalue weighted by Gasteiger charge is 2.23. The summed E-state index contributed by atoms with van der Waals surface area (Å²) >= 11 is 0. The van der Waals surface area contributed by atoms with Crippen LogP contribution in [0.25, 0.3) is 27.5 Å². The second-order valence-corrected chi connectivity index (χ2v) is 8.84. The van der Waals surface area contributed by atoms with E-state index in [1.54, 1.807) is 11.7 Å². The fraction of sp³-hybridized carbons (Fsp3) is 0.0968. The number of hydrogen-bond acceptors (Lipinski definition) is 3. The Bertz CT molecular complexity index is 1730. The molecule has 0 amide bonds. The summed E-state index contributed by atoms with van der Waals surface area (Å²) in [5.41, 5.74) is 4.78. The van der Waals surface area contributed by atoms with Gasteiger partial charge in [-0.05, 0) is 41.5 Å². The van der Waals surface area contributed by atoms with Gasteiger partial charge in [0.2, 0.25) is 0 Å². The number of hydrogen-bond donors (Lipinski definition) is 1. The maximum Gasteiger partial charge on any atom is 0.265 e. The molecule has 1 N–H and O–H groups in total. The number of fused-ring (bicyclic) bond motifs is 2. The van der Waals surface area contributed by atoms with Crippen LogP contribution in [0.15, 0.2) is 114 Å². The summed E-state index contributed by atoms with van der Waals surface area (Å²) in [6, 6.07) is 33.8. The molecule has 0 saturated heterocycles. The number of para-hydroxylation sites is 2. The quantitative estimate of drug-likeness (QED) is 0.312. The fourth-order valence-electron chi connectivity index (χ4n) is 4.99. The van der Waals surface area contributed by atoms with Crippen LogP contribution >= 0.6 is 0 Å². The second kappa shape index (κ2) is 9.19. The molecule has 5 nitrogen and oxygen atoms in total. The van der Waals surface area contributed by atoms with Crippen molar-refractivity contribution in [1.29, 1.82) is 0 Å². The average Bonchev–Trinajstić information content (AvgIpc) is 3.36. The van der Waals surface area contributed by atoms with Gasteiger partial charge in [-0.15, -0.1) is 0 Å². The number of aromatic nitrogens is 3. The molecule has 2 heterocycles. The third-order valence-corrected chi connectivity index (χ3v) is 6.74. The highest BCUT2D eigenvalue weighted by atomic mass is 16.5. The summed E-state index contributed by atoms with van der Waals surface area (Å²) in [6.45, 7) is 0. The van der Waals surface area contributed by atoms with Crippen molar-refractivity contribution < 1.29 is 4.74 Å². The first-order valence-corrected chi connectivity index (χ1v) is 12.0. The number of benzene rings is 4. The standard InChI is InChI=1S/C31H25N3O2/c1-36-23-13-9-12-22(18-23)34-30(33-29-17-8-6-15-25(29)31(34)35)19-26(21-10-3-2-4-11-21)27-20-32-28-16-7-5-14-24(27)28/h2-18,20,26,32H,19H2,1H3. The van der Waals surface area contributed by atoms with Crippen LogP contribution < -0.4 is 10.3 Å². The lowest BCUT2D eigenvalue weighted by Crippen LogP contribution is -2.25. The van der Waals surface area contributed by atoms with Crippen LogP contribution in [-0.2, 0) is 6.42 Å². The van der Waals surface area contributed by atoms with Crippen molar-refractivity contribution >= 4 is 21.8 Å². The fourth-order valence-corrected chi connectivity index (χ4v) is 4.99. The molecule has 6 aromatic rings. The lowest BCUT2D eigenvalue weighted by molar-refractivity contribution is 0.414. The van der Waals surface area contributed by atoms with Crippen LogP contribution in [0.5, 0.6) is 5.75 Å². The largest absolute Gasteiger partial charge is 0.497 e. The van der Waals surface area contributed by atoms with Crippen LogP contribution in [0.4, 0.5) is 0 Å². The van der Waals surface area contributed by atoms with Gasteiger partial charge in [-0.25, -0.2) is 4.98 Å². The Labute approximate surface area is 208 Å². The van der Waals surface area contributed by atoms with E-state index in [2.05, 4.69) is 53.6 Å². The number of nitrogens with zero attached hydrogens (tertiary/aromatic N) is 2. The van der Waals surface area contributed by atoms with Crippen molar-refractivity contribution in [3.63, 3.8) is 0 Å². The molecule has 5 heteroatoms. The molecule has 4 aromatic carbocycles. The summed E-state index contributed by atoms with van der Waals surface area (Å²) in [6.07, 6.45) is 2.63. The van der Waals surface area contributed by atoms with E-state index in [9.17, 15) is 4.79 Å². The van der Waals surface area contributed by atoms with E-state index < -0.39 is 0 Å². The molecule has 176 valence electrons. The van der Waals surface area contributed by atoms with E-state index in [1.165, 1.54) is 16.5 Å². The van der Waals surface area contributed by atoms with Gasteiger partial charge in [0.15, 0.2) is 0 Å². The molecular formula is C31H25N3O2. The van der Waals surface area contributed by atoms with Crippen molar-refractivity contribution in [2.75, 3.05) is 7.11 Å². The van der Waals surface area contributed by atoms with Crippen molar-refractivity contribution in [1.82, 2.24) is 14.5 Å². The monoisotopic (exact) mass is 471 g/mol. The molecule has 6 rings (SSSR count). The minimum absolute atomic E-state index is 0.00716. The van der Waals surface area contributed by atoms with Crippen LogP contribution in [0.1, 0.15) is 22.9 Å². The summed E-state index contributed by atoms with van der Waals surface area (Å²) in [5.74, 6) is 1.38. The summed E-state index contributed by atoms with van der Waals surface area (Å²) in [4.78, 5) is 22.3. The molecule has 36 heavy (non-hydrogen) atoms. The zero-order valence-corrected chi connectivity index (χ0v) is 19.9. The van der Waals surface area contributed by atoms with Gasteiger partial charge in [0, 0.05) is 35.5 Å². The molecule has 0 saturated carbocycles. The minimum atomic E-state index is -0.0883. The second-order valence-electron chi connectivity index (χ2n) is 8.84. The van der Waals surface area contributed by atoms with E-state index >= 15 is 0 Å². The predicted octanol–water partition coefficient (Wildman–Crippen LogP) is 6.25. The molecule has 0 bridgehead atoms. The van der Waals surface area contributed by atoms with Crippen LogP contribution in [0, 0.1) is 0 Å². The lowest BCUT2D eigenvalue weighted by atomic mass is 9.88. The zero-order valence-electron chi connectivity index (χ0n) is 19.9. The van der Waals surface area contributed by atoms with Gasteiger partial charge in [-0.3, -0.25) is 9.36 Å². The third kappa shape index (κ3) is 3.85. The lowest BCUT2D eigenvalue weighted by Gasteiger charge is -2.21. The first-order chi connectivity index (χ1) is 17.7. The van der Waals surface area contributed by atoms with Crippen molar-refractivity contribution in [3.8, 4) is 11.4 Å². The molecule has 0 spiro atoms. The number of H-pyrrole nitrogens is 1. The molecule has 0 aliphatic rings. The minimum Gasteiger partial charge on any atom is -0.497 e. The van der Waals surface area contributed by atoms with Gasteiger partial charge in [0.05, 0.1) is 23.7 Å². The van der Waals surface area contributed by atoms with Crippen molar-refractivity contribution in [2.45, 2.75) is 12.3 Å². The Hall–Kier alpha value is -4.64. The van der Waals surface area contributed by atoms with Gasteiger partial charge in [-0.2, -0.15) is 0 Å². The van der Waals surface area contributed by atoms with Gasteiger partial charge < -0.3 is 9.72 Å². The SMILES string of the molecule is COc1cccc(-n2c(CC(c3ccccc3)c3c[nH]c4ccccc34)nc3ccccc3c2=O)c1. The molecule has 1 unspecified atom stereocenters. The topological polar surface area (TPSA) is 59.9 Å². The molecule has 0 fully saturated rings. The first kappa shape index (κ1) is 21.9. The predicted molar refractivity (Wildman–Crippen MR) is 144 cm³/mol. The highest BCUT2D eigenvalue weighted by Crippen LogP contribution is 2.34. The normalized spacial score (nSPS) is 12.1. The summed E-state index contributed by atoms with van der Waals surface area (Å²) < 4.78 is 7.19. The molecule has 0 radical (unpaired) electrons. The molecule has 2 aromatic heterocycles. The maximum atomic E-state index is 13.8.